The van der Waals surface area contributed by atoms with Gasteiger partial charge in [0.15, 0.2) is 4.77 Å². The lowest BCUT2D eigenvalue weighted by Gasteiger charge is -2.34. The van der Waals surface area contributed by atoms with Crippen LogP contribution in [0, 0.1) is 4.77 Å². The second-order valence-electron chi connectivity index (χ2n) is 7.04. The fraction of sp³-hybridized carbons (Fsp3) is 0.500. The molecule has 1 unspecified atom stereocenters. The van der Waals surface area contributed by atoms with Gasteiger partial charge in [0.2, 0.25) is 0 Å². The van der Waals surface area contributed by atoms with Crippen molar-refractivity contribution in [2.75, 3.05) is 6.54 Å². The molecule has 0 amide bonds. The van der Waals surface area contributed by atoms with Crippen molar-refractivity contribution in [1.82, 2.24) is 24.2 Å². The number of para-hydroxylation sites is 1. The lowest BCUT2D eigenvalue weighted by molar-refractivity contribution is 0.103. The van der Waals surface area contributed by atoms with Gasteiger partial charge in [-0.15, -0.1) is 11.3 Å². The molecule has 1 aromatic carbocycles. The first-order valence-electron chi connectivity index (χ1n) is 9.03. The molecule has 130 valence electrons. The fourth-order valence-corrected chi connectivity index (χ4v) is 5.13. The van der Waals surface area contributed by atoms with E-state index in [2.05, 4.69) is 38.8 Å². The fourth-order valence-electron chi connectivity index (χ4n) is 3.69. The molecule has 3 heterocycles. The molecule has 1 saturated heterocycles. The number of piperidine rings is 1. The Morgan fingerprint density at radius 2 is 2.04 bits per heavy atom. The van der Waals surface area contributed by atoms with Crippen molar-refractivity contribution in [2.45, 2.75) is 50.9 Å². The molecule has 0 bridgehead atoms. The summed E-state index contributed by atoms with van der Waals surface area (Å²) in [6.45, 7) is 1.85. The smallest absolute Gasteiger partial charge is 0.199 e. The Balaban J connectivity index is 1.43. The zero-order valence-electron chi connectivity index (χ0n) is 14.0. The monoisotopic (exact) mass is 371 g/mol. The summed E-state index contributed by atoms with van der Waals surface area (Å²) in [5, 5.41) is 5.79. The van der Waals surface area contributed by atoms with Gasteiger partial charge >= 0.3 is 0 Å². The maximum Gasteiger partial charge on any atom is 0.199 e. The molecule has 1 aliphatic carbocycles. The predicted octanol–water partition coefficient (Wildman–Crippen LogP) is 4.54. The number of aromatic nitrogens is 4. The number of nitrogens with zero attached hydrogens (tertiary/aromatic N) is 5. The van der Waals surface area contributed by atoms with Gasteiger partial charge < -0.3 is 4.57 Å². The van der Waals surface area contributed by atoms with Crippen LogP contribution in [0.4, 0.5) is 0 Å². The number of fused-ring (bicyclic) bond motifs is 1. The van der Waals surface area contributed by atoms with Gasteiger partial charge in [-0.25, -0.2) is 9.67 Å². The molecule has 7 heteroatoms. The molecule has 1 atom stereocenters. The largest absolute Gasteiger partial charge is 0.303 e. The summed E-state index contributed by atoms with van der Waals surface area (Å²) in [6, 6.07) is 9.38. The summed E-state index contributed by atoms with van der Waals surface area (Å²) < 4.78 is 6.28. The maximum absolute atomic E-state index is 5.64. The molecule has 3 aromatic rings. The van der Waals surface area contributed by atoms with Crippen LogP contribution in [0.5, 0.6) is 0 Å². The molecule has 0 radical (unpaired) electrons. The van der Waals surface area contributed by atoms with Crippen molar-refractivity contribution in [2.24, 2.45) is 0 Å². The number of hydrogen-bond acceptors (Lipinski definition) is 5. The first-order valence-corrected chi connectivity index (χ1v) is 10.3. The van der Waals surface area contributed by atoms with Crippen LogP contribution in [-0.2, 0) is 6.67 Å². The maximum atomic E-state index is 5.64. The Bertz CT molecular complexity index is 919. The van der Waals surface area contributed by atoms with E-state index >= 15 is 0 Å². The van der Waals surface area contributed by atoms with Crippen LogP contribution in [-0.4, -0.2) is 30.8 Å². The van der Waals surface area contributed by atoms with Crippen LogP contribution >= 0.6 is 23.6 Å². The van der Waals surface area contributed by atoms with Crippen LogP contribution in [0.1, 0.15) is 49.2 Å². The van der Waals surface area contributed by atoms with Crippen LogP contribution in [0.2, 0.25) is 0 Å². The molecule has 0 N–H and O–H groups in total. The van der Waals surface area contributed by atoms with Gasteiger partial charge in [-0.1, -0.05) is 18.6 Å². The zero-order chi connectivity index (χ0) is 16.8. The molecular formula is C18H21N5S2. The van der Waals surface area contributed by atoms with Gasteiger partial charge in [0.1, 0.15) is 11.3 Å². The summed E-state index contributed by atoms with van der Waals surface area (Å²) in [7, 11) is 0. The van der Waals surface area contributed by atoms with Crippen LogP contribution in [0.25, 0.3) is 10.2 Å². The van der Waals surface area contributed by atoms with Crippen LogP contribution in [0.3, 0.4) is 0 Å². The van der Waals surface area contributed by atoms with E-state index in [1.165, 1.54) is 35.4 Å². The summed E-state index contributed by atoms with van der Waals surface area (Å²) in [5.41, 5.74) is 1.11. The van der Waals surface area contributed by atoms with E-state index < -0.39 is 0 Å². The first-order chi connectivity index (χ1) is 12.3. The predicted molar refractivity (Wildman–Crippen MR) is 102 cm³/mol. The van der Waals surface area contributed by atoms with Gasteiger partial charge in [0.25, 0.3) is 0 Å². The number of likely N-dealkylation sites (tertiary alicyclic amines) is 1. The van der Waals surface area contributed by atoms with Gasteiger partial charge in [-0.3, -0.25) is 4.90 Å². The Kier molecular flexibility index (Phi) is 3.95. The third kappa shape index (κ3) is 2.94. The summed E-state index contributed by atoms with van der Waals surface area (Å²) in [6.07, 6.45) is 8.04. The van der Waals surface area contributed by atoms with E-state index in [1.54, 1.807) is 0 Å². The highest BCUT2D eigenvalue weighted by Gasteiger charge is 2.29. The van der Waals surface area contributed by atoms with Crippen LogP contribution < -0.4 is 0 Å². The molecule has 0 spiro atoms. The van der Waals surface area contributed by atoms with Gasteiger partial charge in [-0.2, -0.15) is 5.10 Å². The number of thiazole rings is 1. The topological polar surface area (TPSA) is 38.9 Å². The third-order valence-corrected chi connectivity index (χ3v) is 6.78. The van der Waals surface area contributed by atoms with Crippen molar-refractivity contribution in [3.63, 3.8) is 0 Å². The van der Waals surface area contributed by atoms with Crippen molar-refractivity contribution in [3.05, 3.63) is 40.4 Å². The minimum absolute atomic E-state index is 0.374. The first kappa shape index (κ1) is 15.7. The highest BCUT2D eigenvalue weighted by atomic mass is 32.1. The molecule has 2 aliphatic rings. The zero-order valence-corrected chi connectivity index (χ0v) is 15.7. The quantitative estimate of drug-likeness (QED) is 0.631. The standard InChI is InChI=1S/C18H21N5S2/c24-18-22(13-8-9-13)11-19-23(18)12-21-10-4-3-6-15(21)17-20-14-5-1-2-7-16(14)25-17/h1-2,5,7,11,13,15H,3-4,6,8-10,12H2. The Morgan fingerprint density at radius 3 is 2.88 bits per heavy atom. The molecule has 2 aromatic heterocycles. The third-order valence-electron chi connectivity index (χ3n) is 5.22. The molecule has 5 rings (SSSR count). The number of hydrogen-bond donors (Lipinski definition) is 0. The average molecular weight is 372 g/mol. The molecule has 1 aliphatic heterocycles. The number of benzene rings is 1. The van der Waals surface area contributed by atoms with E-state index in [9.17, 15) is 0 Å². The summed E-state index contributed by atoms with van der Waals surface area (Å²) in [4.78, 5) is 7.41. The minimum Gasteiger partial charge on any atom is -0.303 e. The Morgan fingerprint density at radius 1 is 1.16 bits per heavy atom. The average Bonchev–Trinajstić information content (AvgIpc) is 3.28. The number of rotatable bonds is 4. The Hall–Kier alpha value is -1.57. The highest BCUT2D eigenvalue weighted by Crippen LogP contribution is 2.37. The Labute approximate surface area is 155 Å². The minimum atomic E-state index is 0.374. The summed E-state index contributed by atoms with van der Waals surface area (Å²) in [5.74, 6) is 0. The lowest BCUT2D eigenvalue weighted by atomic mass is 10.0. The van der Waals surface area contributed by atoms with Crippen molar-refractivity contribution >= 4 is 33.8 Å². The van der Waals surface area contributed by atoms with Crippen molar-refractivity contribution in [1.29, 1.82) is 0 Å². The summed E-state index contributed by atoms with van der Waals surface area (Å²) >= 11 is 7.47. The highest BCUT2D eigenvalue weighted by molar-refractivity contribution is 7.71. The molecular weight excluding hydrogens is 350 g/mol. The SMILES string of the molecule is S=c1n(C2CC2)cnn1CN1CCCCC1c1nc2ccccc2s1. The van der Waals surface area contributed by atoms with Crippen molar-refractivity contribution in [3.8, 4) is 0 Å². The second kappa shape index (κ2) is 6.30. The van der Waals surface area contributed by atoms with E-state index in [-0.39, 0.29) is 0 Å². The lowest BCUT2D eigenvalue weighted by Crippen LogP contribution is -2.35. The second-order valence-corrected chi connectivity index (χ2v) is 8.46. The van der Waals surface area contributed by atoms with Gasteiger partial charge in [-0.05, 0) is 50.0 Å². The molecule has 5 nitrogen and oxygen atoms in total. The van der Waals surface area contributed by atoms with E-state index in [0.717, 1.165) is 29.9 Å². The van der Waals surface area contributed by atoms with E-state index in [0.29, 0.717) is 12.1 Å². The van der Waals surface area contributed by atoms with E-state index in [1.807, 2.05) is 22.3 Å². The van der Waals surface area contributed by atoms with E-state index in [4.69, 9.17) is 17.2 Å². The molecule has 25 heavy (non-hydrogen) atoms. The van der Waals surface area contributed by atoms with Gasteiger partial charge in [0.05, 0.1) is 22.9 Å². The normalized spacial score (nSPS) is 21.8. The van der Waals surface area contributed by atoms with Crippen molar-refractivity contribution < 1.29 is 0 Å². The molecule has 1 saturated carbocycles. The molecule has 2 fully saturated rings. The van der Waals surface area contributed by atoms with Crippen LogP contribution in [0.15, 0.2) is 30.6 Å². The van der Waals surface area contributed by atoms with Gasteiger partial charge in [0, 0.05) is 12.6 Å².